The van der Waals surface area contributed by atoms with Gasteiger partial charge in [-0.05, 0) is 24.3 Å². The molecule has 24 heavy (non-hydrogen) atoms. The molecule has 1 amide bonds. The van der Waals surface area contributed by atoms with Crippen molar-refractivity contribution in [2.24, 2.45) is 0 Å². The van der Waals surface area contributed by atoms with Crippen molar-refractivity contribution in [3.8, 4) is 0 Å². The zero-order valence-corrected chi connectivity index (χ0v) is 14.0. The summed E-state index contributed by atoms with van der Waals surface area (Å²) in [6, 6.07) is 11.7. The second-order valence-electron chi connectivity index (χ2n) is 5.33. The molecule has 1 fully saturated rings. The maximum atomic E-state index is 12.5. The van der Waals surface area contributed by atoms with Gasteiger partial charge in [-0.15, -0.1) is 0 Å². The lowest BCUT2D eigenvalue weighted by Gasteiger charge is -2.24. The quantitative estimate of drug-likeness (QED) is 0.836. The van der Waals surface area contributed by atoms with Crippen LogP contribution in [0.2, 0.25) is 0 Å². The molecule has 1 aliphatic rings. The van der Waals surface area contributed by atoms with Gasteiger partial charge in [0, 0.05) is 25.8 Å². The van der Waals surface area contributed by atoms with E-state index in [0.29, 0.717) is 18.9 Å². The molecule has 0 unspecified atom stereocenters. The van der Waals surface area contributed by atoms with Crippen molar-refractivity contribution in [1.29, 1.82) is 0 Å². The van der Waals surface area contributed by atoms with Crippen LogP contribution in [0.5, 0.6) is 0 Å². The van der Waals surface area contributed by atoms with E-state index in [2.05, 4.69) is 0 Å². The van der Waals surface area contributed by atoms with E-state index in [4.69, 9.17) is 9.15 Å². The highest BCUT2D eigenvalue weighted by Gasteiger charge is 2.30. The molecule has 1 aromatic heterocycles. The van der Waals surface area contributed by atoms with Crippen molar-refractivity contribution >= 4 is 21.6 Å². The van der Waals surface area contributed by atoms with E-state index in [9.17, 15) is 13.2 Å². The van der Waals surface area contributed by atoms with Crippen LogP contribution in [0.4, 0.5) is 5.69 Å². The number of para-hydroxylation sites is 1. The molecule has 0 saturated carbocycles. The van der Waals surface area contributed by atoms with Gasteiger partial charge in [0.05, 0.1) is 13.2 Å². The predicted molar refractivity (Wildman–Crippen MR) is 87.5 cm³/mol. The van der Waals surface area contributed by atoms with Gasteiger partial charge in [0.15, 0.2) is 5.76 Å². The molecule has 3 rings (SSSR count). The highest BCUT2D eigenvalue weighted by atomic mass is 32.2. The first-order chi connectivity index (χ1) is 11.5. The maximum Gasteiger partial charge on any atom is 0.293 e. The third-order valence-corrected chi connectivity index (χ3v) is 5.58. The first-order valence-electron chi connectivity index (χ1n) is 7.51. The molecule has 0 bridgehead atoms. The smallest absolute Gasteiger partial charge is 0.293 e. The van der Waals surface area contributed by atoms with Crippen LogP contribution in [0.3, 0.4) is 0 Å². The van der Waals surface area contributed by atoms with E-state index in [-0.39, 0.29) is 23.9 Å². The number of carbonyl (C=O) groups is 1. The molecule has 0 atom stereocenters. The molecule has 8 heteroatoms. The summed E-state index contributed by atoms with van der Waals surface area (Å²) in [7, 11) is -2.14. The van der Waals surface area contributed by atoms with Gasteiger partial charge < -0.3 is 14.1 Å². The second kappa shape index (κ2) is 6.76. The van der Waals surface area contributed by atoms with E-state index >= 15 is 0 Å². The van der Waals surface area contributed by atoms with Crippen molar-refractivity contribution in [2.75, 3.05) is 38.3 Å². The highest BCUT2D eigenvalue weighted by molar-refractivity contribution is 7.89. The topological polar surface area (TPSA) is 80.1 Å². The summed E-state index contributed by atoms with van der Waals surface area (Å²) in [5, 5.41) is -0.228. The van der Waals surface area contributed by atoms with Crippen molar-refractivity contribution in [1.82, 2.24) is 4.31 Å². The number of morpholine rings is 1. The summed E-state index contributed by atoms with van der Waals surface area (Å²) < 4.78 is 36.8. The number of anilines is 1. The van der Waals surface area contributed by atoms with Crippen LogP contribution in [-0.4, -0.2) is 52.0 Å². The standard InChI is InChI=1S/C16H18N2O5S/c1-17(13-5-3-2-4-6-13)16(19)14-7-8-15(23-14)24(20,21)18-9-11-22-12-10-18/h2-8H,9-12H2,1H3. The monoisotopic (exact) mass is 350 g/mol. The highest BCUT2D eigenvalue weighted by Crippen LogP contribution is 2.22. The average molecular weight is 350 g/mol. The van der Waals surface area contributed by atoms with Gasteiger partial charge in [-0.25, -0.2) is 8.42 Å². The van der Waals surface area contributed by atoms with Crippen molar-refractivity contribution in [2.45, 2.75) is 5.09 Å². The summed E-state index contributed by atoms with van der Waals surface area (Å²) >= 11 is 0. The van der Waals surface area contributed by atoms with Crippen LogP contribution in [-0.2, 0) is 14.8 Å². The zero-order chi connectivity index (χ0) is 17.2. The molecule has 2 aromatic rings. The third kappa shape index (κ3) is 3.21. The lowest BCUT2D eigenvalue weighted by Crippen LogP contribution is -2.40. The molecule has 0 aliphatic carbocycles. The Morgan fingerprint density at radius 3 is 2.42 bits per heavy atom. The van der Waals surface area contributed by atoms with Gasteiger partial charge in [-0.3, -0.25) is 4.79 Å². The van der Waals surface area contributed by atoms with Gasteiger partial charge in [0.25, 0.3) is 15.9 Å². The number of benzene rings is 1. The second-order valence-corrected chi connectivity index (χ2v) is 7.20. The Labute approximate surface area is 140 Å². The van der Waals surface area contributed by atoms with Gasteiger partial charge in [-0.2, -0.15) is 4.31 Å². The molecule has 2 heterocycles. The first kappa shape index (κ1) is 16.7. The summed E-state index contributed by atoms with van der Waals surface area (Å²) in [5.41, 5.74) is 0.691. The largest absolute Gasteiger partial charge is 0.438 e. The van der Waals surface area contributed by atoms with E-state index in [1.165, 1.54) is 21.3 Å². The first-order valence-corrected chi connectivity index (χ1v) is 8.95. The number of nitrogens with zero attached hydrogens (tertiary/aromatic N) is 2. The minimum Gasteiger partial charge on any atom is -0.438 e. The Morgan fingerprint density at radius 2 is 1.75 bits per heavy atom. The minimum atomic E-state index is -3.75. The Kier molecular flexibility index (Phi) is 4.70. The molecule has 1 saturated heterocycles. The lowest BCUT2D eigenvalue weighted by atomic mass is 10.3. The Bertz CT molecular complexity index is 810. The molecule has 7 nitrogen and oxygen atoms in total. The Balaban J connectivity index is 1.81. The summed E-state index contributed by atoms with van der Waals surface area (Å²) in [6.07, 6.45) is 0. The molecule has 0 N–H and O–H groups in total. The number of amides is 1. The molecule has 0 radical (unpaired) electrons. The predicted octanol–water partition coefficient (Wildman–Crippen LogP) is 1.58. The van der Waals surface area contributed by atoms with E-state index < -0.39 is 15.9 Å². The normalized spacial score (nSPS) is 16.0. The number of hydrogen-bond acceptors (Lipinski definition) is 5. The number of carbonyl (C=O) groups excluding carboxylic acids is 1. The minimum absolute atomic E-state index is 0.0202. The van der Waals surface area contributed by atoms with Crippen LogP contribution in [0.1, 0.15) is 10.6 Å². The Morgan fingerprint density at radius 1 is 1.08 bits per heavy atom. The fourth-order valence-electron chi connectivity index (χ4n) is 2.42. The Hall–Kier alpha value is -2.16. The summed E-state index contributed by atoms with van der Waals surface area (Å²) in [5.74, 6) is -0.433. The summed E-state index contributed by atoms with van der Waals surface area (Å²) in [4.78, 5) is 13.9. The van der Waals surface area contributed by atoms with Gasteiger partial charge in [0.1, 0.15) is 0 Å². The fraction of sp³-hybridized carbons (Fsp3) is 0.312. The maximum absolute atomic E-state index is 12.5. The van der Waals surface area contributed by atoms with Crippen molar-refractivity contribution < 1.29 is 22.4 Å². The van der Waals surface area contributed by atoms with Gasteiger partial charge in [0.2, 0.25) is 5.09 Å². The molecule has 1 aromatic carbocycles. The van der Waals surface area contributed by atoms with Gasteiger partial charge in [-0.1, -0.05) is 18.2 Å². The molecular formula is C16H18N2O5S. The molecule has 0 spiro atoms. The van der Waals surface area contributed by atoms with E-state index in [0.717, 1.165) is 0 Å². The number of hydrogen-bond donors (Lipinski definition) is 0. The van der Waals surface area contributed by atoms with Crippen LogP contribution in [0.25, 0.3) is 0 Å². The number of ether oxygens (including phenoxy) is 1. The van der Waals surface area contributed by atoms with Gasteiger partial charge >= 0.3 is 0 Å². The van der Waals surface area contributed by atoms with E-state index in [1.54, 1.807) is 19.2 Å². The zero-order valence-electron chi connectivity index (χ0n) is 13.2. The average Bonchev–Trinajstić information content (AvgIpc) is 3.13. The number of sulfonamides is 1. The molecule has 128 valence electrons. The number of rotatable bonds is 4. The van der Waals surface area contributed by atoms with Crippen LogP contribution < -0.4 is 4.90 Å². The fourth-order valence-corrected chi connectivity index (χ4v) is 3.74. The summed E-state index contributed by atoms with van der Waals surface area (Å²) in [6.45, 7) is 1.25. The van der Waals surface area contributed by atoms with Crippen LogP contribution >= 0.6 is 0 Å². The third-order valence-electron chi connectivity index (χ3n) is 3.80. The van der Waals surface area contributed by atoms with Crippen molar-refractivity contribution in [3.05, 3.63) is 48.2 Å². The van der Waals surface area contributed by atoms with Crippen LogP contribution in [0, 0.1) is 0 Å². The molecular weight excluding hydrogens is 332 g/mol. The number of furan rings is 1. The SMILES string of the molecule is CN(C(=O)c1ccc(S(=O)(=O)N2CCOCC2)o1)c1ccccc1. The van der Waals surface area contributed by atoms with E-state index in [1.807, 2.05) is 18.2 Å². The van der Waals surface area contributed by atoms with Crippen molar-refractivity contribution in [3.63, 3.8) is 0 Å². The molecule has 1 aliphatic heterocycles. The lowest BCUT2D eigenvalue weighted by molar-refractivity contribution is 0.0723. The van der Waals surface area contributed by atoms with Crippen LogP contribution in [0.15, 0.2) is 52.0 Å².